The topological polar surface area (TPSA) is 116 Å². The molecule has 1 heterocycles. The minimum Gasteiger partial charge on any atom is -0.482 e. The number of nitrogens with two attached hydrogens (primary N) is 1. The molecule has 0 atom stereocenters. The summed E-state index contributed by atoms with van der Waals surface area (Å²) < 4.78 is 30.2. The number of hydrazone groups is 1. The van der Waals surface area contributed by atoms with Gasteiger partial charge in [-0.1, -0.05) is 23.7 Å². The number of benzene rings is 2. The Labute approximate surface area is 185 Å². The number of sulfonamides is 1. The minimum absolute atomic E-state index is 0.0437. The molecule has 2 aromatic carbocycles. The van der Waals surface area contributed by atoms with Crippen LogP contribution < -0.4 is 15.3 Å². The number of amides is 1. The van der Waals surface area contributed by atoms with E-state index in [-0.39, 0.29) is 11.5 Å². The summed E-state index contributed by atoms with van der Waals surface area (Å²) in [7, 11) is -3.75. The number of halogens is 1. The van der Waals surface area contributed by atoms with E-state index in [0.29, 0.717) is 10.8 Å². The van der Waals surface area contributed by atoms with Gasteiger partial charge in [0, 0.05) is 22.6 Å². The monoisotopic (exact) mass is 460 g/mol. The third-order valence-corrected chi connectivity index (χ3v) is 5.72. The van der Waals surface area contributed by atoms with E-state index < -0.39 is 15.9 Å². The van der Waals surface area contributed by atoms with Gasteiger partial charge in [-0.05, 0) is 56.3 Å². The molecule has 162 valence electrons. The van der Waals surface area contributed by atoms with Gasteiger partial charge in [-0.25, -0.2) is 19.0 Å². The number of carbonyl (C=O) groups excluding carboxylic acids is 1. The average molecular weight is 461 g/mol. The molecule has 0 aliphatic heterocycles. The van der Waals surface area contributed by atoms with Crippen LogP contribution in [0.3, 0.4) is 0 Å². The Balaban J connectivity index is 1.67. The third-order valence-electron chi connectivity index (χ3n) is 4.48. The lowest BCUT2D eigenvalue weighted by Gasteiger charge is -2.10. The normalized spacial score (nSPS) is 11.6. The van der Waals surface area contributed by atoms with Crippen LogP contribution in [0.25, 0.3) is 5.69 Å². The van der Waals surface area contributed by atoms with E-state index in [2.05, 4.69) is 10.5 Å². The number of nitrogens with one attached hydrogen (secondary N) is 1. The van der Waals surface area contributed by atoms with Crippen molar-refractivity contribution in [3.05, 3.63) is 76.6 Å². The molecule has 1 amide bonds. The molecule has 0 aliphatic carbocycles. The maximum absolute atomic E-state index is 12.0. The van der Waals surface area contributed by atoms with E-state index in [1.165, 1.54) is 18.3 Å². The van der Waals surface area contributed by atoms with Crippen molar-refractivity contribution in [3.63, 3.8) is 0 Å². The zero-order chi connectivity index (χ0) is 22.6. The Morgan fingerprint density at radius 1 is 1.19 bits per heavy atom. The lowest BCUT2D eigenvalue weighted by atomic mass is 10.2. The van der Waals surface area contributed by atoms with Gasteiger partial charge in [-0.2, -0.15) is 5.10 Å². The number of primary sulfonamides is 1. The van der Waals surface area contributed by atoms with Gasteiger partial charge < -0.3 is 9.30 Å². The highest BCUT2D eigenvalue weighted by molar-refractivity contribution is 7.89. The van der Waals surface area contributed by atoms with Crippen molar-refractivity contribution in [2.45, 2.75) is 18.7 Å². The van der Waals surface area contributed by atoms with Crippen molar-refractivity contribution in [2.24, 2.45) is 10.2 Å². The first-order chi connectivity index (χ1) is 14.7. The molecule has 3 N–H and O–H groups in total. The van der Waals surface area contributed by atoms with Gasteiger partial charge in [0.2, 0.25) is 10.0 Å². The largest absolute Gasteiger partial charge is 0.482 e. The highest BCUT2D eigenvalue weighted by Gasteiger charge is 2.12. The third kappa shape index (κ3) is 5.52. The molecule has 10 heteroatoms. The maximum atomic E-state index is 12.0. The molecule has 1 aromatic heterocycles. The molecule has 0 saturated carbocycles. The number of aromatic nitrogens is 1. The molecule has 0 bridgehead atoms. The van der Waals surface area contributed by atoms with Gasteiger partial charge in [-0.15, -0.1) is 0 Å². The van der Waals surface area contributed by atoms with Crippen LogP contribution in [0.2, 0.25) is 5.02 Å². The Morgan fingerprint density at radius 3 is 2.52 bits per heavy atom. The summed E-state index contributed by atoms with van der Waals surface area (Å²) in [6, 6.07) is 15.0. The number of nitrogens with zero attached hydrogens (tertiary/aromatic N) is 2. The van der Waals surface area contributed by atoms with Gasteiger partial charge in [0.25, 0.3) is 5.91 Å². The lowest BCUT2D eigenvalue weighted by molar-refractivity contribution is -0.123. The number of para-hydroxylation sites is 1. The highest BCUT2D eigenvalue weighted by atomic mass is 35.5. The van der Waals surface area contributed by atoms with Crippen molar-refractivity contribution in [2.75, 3.05) is 6.61 Å². The number of rotatable bonds is 7. The first kappa shape index (κ1) is 22.5. The number of carbonyl (C=O) groups is 1. The predicted molar refractivity (Wildman–Crippen MR) is 119 cm³/mol. The predicted octanol–water partition coefficient (Wildman–Crippen LogP) is 2.92. The molecule has 0 radical (unpaired) electrons. The second-order valence-corrected chi connectivity index (χ2v) is 8.68. The Kier molecular flexibility index (Phi) is 6.79. The molecule has 31 heavy (non-hydrogen) atoms. The average Bonchev–Trinajstić information content (AvgIpc) is 3.00. The fraction of sp³-hybridized carbons (Fsp3) is 0.143. The lowest BCUT2D eigenvalue weighted by Crippen LogP contribution is -2.24. The van der Waals surface area contributed by atoms with Crippen LogP contribution in [0.4, 0.5) is 0 Å². The number of hydrogen-bond donors (Lipinski definition) is 2. The van der Waals surface area contributed by atoms with E-state index >= 15 is 0 Å². The molecular formula is C21H21ClN4O4S. The van der Waals surface area contributed by atoms with Gasteiger partial charge in [0.05, 0.1) is 16.1 Å². The van der Waals surface area contributed by atoms with E-state index in [1.54, 1.807) is 36.4 Å². The summed E-state index contributed by atoms with van der Waals surface area (Å²) in [6.07, 6.45) is 1.53. The summed E-state index contributed by atoms with van der Waals surface area (Å²) in [6.45, 7) is 3.58. The molecule has 0 unspecified atom stereocenters. The van der Waals surface area contributed by atoms with E-state index in [4.69, 9.17) is 21.5 Å². The second-order valence-electron chi connectivity index (χ2n) is 6.71. The first-order valence-electron chi connectivity index (χ1n) is 9.18. The van der Waals surface area contributed by atoms with Crippen LogP contribution in [0.15, 0.2) is 64.6 Å². The van der Waals surface area contributed by atoms with Crippen molar-refractivity contribution in [1.29, 1.82) is 0 Å². The van der Waals surface area contributed by atoms with E-state index in [1.807, 2.05) is 24.5 Å². The fourth-order valence-corrected chi connectivity index (χ4v) is 3.72. The molecule has 0 aliphatic rings. The zero-order valence-corrected chi connectivity index (χ0v) is 18.4. The summed E-state index contributed by atoms with van der Waals surface area (Å²) in [5.74, 6) is -0.0103. The number of hydrogen-bond acceptors (Lipinski definition) is 5. The summed E-state index contributed by atoms with van der Waals surface area (Å²) in [5.41, 5.74) is 5.76. The summed E-state index contributed by atoms with van der Waals surface area (Å²) >= 11 is 5.98. The van der Waals surface area contributed by atoms with E-state index in [9.17, 15) is 13.2 Å². The second kappa shape index (κ2) is 9.34. The van der Waals surface area contributed by atoms with Crippen molar-refractivity contribution < 1.29 is 17.9 Å². The molecule has 0 saturated heterocycles. The Morgan fingerprint density at radius 2 is 1.87 bits per heavy atom. The SMILES string of the molecule is Cc1cc(/C=N\NC(=O)COc2ccccc2Cl)c(C)n1-c1ccc(S(N)(=O)=O)cc1. The van der Waals surface area contributed by atoms with Gasteiger partial charge in [0.15, 0.2) is 6.61 Å². The van der Waals surface area contributed by atoms with Crippen LogP contribution >= 0.6 is 11.6 Å². The van der Waals surface area contributed by atoms with E-state index in [0.717, 1.165) is 22.6 Å². The van der Waals surface area contributed by atoms with Crippen LogP contribution in [0.1, 0.15) is 17.0 Å². The first-order valence-corrected chi connectivity index (χ1v) is 11.1. The number of ether oxygens (including phenoxy) is 1. The summed E-state index contributed by atoms with van der Waals surface area (Å²) in [5, 5.41) is 9.55. The van der Waals surface area contributed by atoms with Crippen molar-refractivity contribution in [1.82, 2.24) is 9.99 Å². The number of aryl methyl sites for hydroxylation is 1. The van der Waals surface area contributed by atoms with Crippen LogP contribution in [-0.2, 0) is 14.8 Å². The molecule has 0 spiro atoms. The smallest absolute Gasteiger partial charge is 0.277 e. The van der Waals surface area contributed by atoms with Crippen LogP contribution in [0.5, 0.6) is 5.75 Å². The molecule has 3 rings (SSSR count). The maximum Gasteiger partial charge on any atom is 0.277 e. The molecule has 8 nitrogen and oxygen atoms in total. The van der Waals surface area contributed by atoms with Crippen molar-refractivity contribution >= 4 is 33.7 Å². The van der Waals surface area contributed by atoms with Crippen LogP contribution in [0, 0.1) is 13.8 Å². The Bertz CT molecular complexity index is 1230. The van der Waals surface area contributed by atoms with Gasteiger partial charge >= 0.3 is 0 Å². The molecular weight excluding hydrogens is 440 g/mol. The van der Waals surface area contributed by atoms with Gasteiger partial charge in [0.1, 0.15) is 5.75 Å². The minimum atomic E-state index is -3.75. The molecule has 3 aromatic rings. The van der Waals surface area contributed by atoms with Crippen molar-refractivity contribution in [3.8, 4) is 11.4 Å². The molecule has 0 fully saturated rings. The fourth-order valence-electron chi connectivity index (χ4n) is 3.01. The van der Waals surface area contributed by atoms with Gasteiger partial charge in [-0.3, -0.25) is 4.79 Å². The quantitative estimate of drug-likeness (QED) is 0.416. The standard InChI is InChI=1S/C21H21ClN4O4S/c1-14-11-16(12-24-25-21(27)13-30-20-6-4-3-5-19(20)22)15(2)26(14)17-7-9-18(10-8-17)31(23,28)29/h3-12H,13H2,1-2H3,(H,25,27)(H2,23,28,29)/b24-12-. The summed E-state index contributed by atoms with van der Waals surface area (Å²) in [4.78, 5) is 12.0. The highest BCUT2D eigenvalue weighted by Crippen LogP contribution is 2.23. The Hall–Kier alpha value is -3.14. The van der Waals surface area contributed by atoms with Crippen LogP contribution in [-0.4, -0.2) is 31.7 Å². The zero-order valence-electron chi connectivity index (χ0n) is 16.9.